The lowest BCUT2D eigenvalue weighted by molar-refractivity contribution is -0.158. The first-order valence-electron chi connectivity index (χ1n) is 8.48. The van der Waals surface area contributed by atoms with Gasteiger partial charge < -0.3 is 9.47 Å². The Kier molecular flexibility index (Phi) is 3.02. The molecule has 122 valence electrons. The van der Waals surface area contributed by atoms with Crippen LogP contribution >= 0.6 is 0 Å². The Hall–Kier alpha value is -1.68. The summed E-state index contributed by atoms with van der Waals surface area (Å²) in [6, 6.07) is 10.1. The number of rotatable bonds is 4. The smallest absolute Gasteiger partial charge is 0.337 e. The van der Waals surface area contributed by atoms with Gasteiger partial charge in [-0.2, -0.15) is 0 Å². The lowest BCUT2D eigenvalue weighted by Gasteiger charge is -2.49. The Bertz CT molecular complexity index is 677. The van der Waals surface area contributed by atoms with Gasteiger partial charge in [-0.25, -0.2) is 4.79 Å². The van der Waals surface area contributed by atoms with Gasteiger partial charge >= 0.3 is 5.97 Å². The number of hydrogen-bond donors (Lipinski definition) is 0. The largest absolute Gasteiger partial charge is 0.464 e. The molecule has 1 aliphatic carbocycles. The molecule has 1 aromatic rings. The van der Waals surface area contributed by atoms with Crippen LogP contribution in [-0.4, -0.2) is 35.0 Å². The second kappa shape index (κ2) is 4.67. The normalized spacial score (nSPS) is 34.3. The predicted molar refractivity (Wildman–Crippen MR) is 87.6 cm³/mol. The maximum Gasteiger partial charge on any atom is 0.337 e. The van der Waals surface area contributed by atoms with Crippen LogP contribution in [0.15, 0.2) is 35.3 Å². The summed E-state index contributed by atoms with van der Waals surface area (Å²) in [5.74, 6) is 0.138. The lowest BCUT2D eigenvalue weighted by atomic mass is 9.65. The van der Waals surface area contributed by atoms with E-state index in [1.165, 1.54) is 0 Å². The average molecular weight is 313 g/mol. The summed E-state index contributed by atoms with van der Waals surface area (Å²) < 4.78 is 12.0. The monoisotopic (exact) mass is 313 g/mol. The predicted octanol–water partition coefficient (Wildman–Crippen LogP) is 3.14. The van der Waals surface area contributed by atoms with E-state index in [4.69, 9.17) is 14.5 Å². The summed E-state index contributed by atoms with van der Waals surface area (Å²) in [6.45, 7) is 6.32. The third-order valence-corrected chi connectivity index (χ3v) is 5.20. The molecule has 0 amide bonds. The minimum atomic E-state index is -0.862. The van der Waals surface area contributed by atoms with Crippen molar-refractivity contribution in [3.8, 4) is 0 Å². The van der Waals surface area contributed by atoms with Gasteiger partial charge in [0.15, 0.2) is 5.54 Å². The Morgan fingerprint density at radius 3 is 2.61 bits per heavy atom. The highest BCUT2D eigenvalue weighted by molar-refractivity contribution is 6.18. The van der Waals surface area contributed by atoms with E-state index in [0.29, 0.717) is 18.9 Å². The average Bonchev–Trinajstić information content (AvgIpc) is 3.32. The quantitative estimate of drug-likeness (QED) is 0.802. The zero-order valence-electron chi connectivity index (χ0n) is 14.0. The van der Waals surface area contributed by atoms with Crippen LogP contribution in [0, 0.1) is 5.92 Å². The number of fused-ring (bicyclic) bond motifs is 1. The second-order valence-electron chi connectivity index (χ2n) is 7.46. The highest BCUT2D eigenvalue weighted by Crippen LogP contribution is 2.64. The molecule has 3 aliphatic rings. The lowest BCUT2D eigenvalue weighted by Crippen LogP contribution is -2.69. The van der Waals surface area contributed by atoms with Crippen molar-refractivity contribution in [2.45, 2.75) is 56.8 Å². The van der Waals surface area contributed by atoms with E-state index in [2.05, 4.69) is 13.8 Å². The summed E-state index contributed by atoms with van der Waals surface area (Å²) >= 11 is 0. The number of hydrogen-bond acceptors (Lipinski definition) is 4. The van der Waals surface area contributed by atoms with Crippen LogP contribution in [0.2, 0.25) is 0 Å². The number of carbonyl (C=O) groups excluding carboxylic acids is 1. The molecule has 2 atom stereocenters. The van der Waals surface area contributed by atoms with E-state index in [1.807, 2.05) is 37.3 Å². The zero-order valence-corrected chi connectivity index (χ0v) is 14.0. The summed E-state index contributed by atoms with van der Waals surface area (Å²) in [6.07, 6.45) is 2.76. The minimum absolute atomic E-state index is 0.225. The van der Waals surface area contributed by atoms with Crippen molar-refractivity contribution < 1.29 is 14.3 Å². The molecule has 2 fully saturated rings. The van der Waals surface area contributed by atoms with Crippen LogP contribution in [0.5, 0.6) is 0 Å². The minimum Gasteiger partial charge on any atom is -0.464 e. The SMILES string of the molecule is CCOC(=O)[C@]12CC(C)(C)O[C@@]1(C1CC1)C(c1ccccc1)=N2. The van der Waals surface area contributed by atoms with Crippen molar-refractivity contribution in [2.75, 3.05) is 6.61 Å². The second-order valence-corrected chi connectivity index (χ2v) is 7.46. The molecule has 0 N–H and O–H groups in total. The van der Waals surface area contributed by atoms with E-state index in [1.54, 1.807) is 0 Å². The molecule has 1 saturated carbocycles. The van der Waals surface area contributed by atoms with Crippen molar-refractivity contribution in [2.24, 2.45) is 10.9 Å². The van der Waals surface area contributed by atoms with Gasteiger partial charge in [0.1, 0.15) is 5.60 Å². The summed E-state index contributed by atoms with van der Waals surface area (Å²) in [7, 11) is 0. The molecule has 0 spiro atoms. The first kappa shape index (κ1) is 14.9. The van der Waals surface area contributed by atoms with Crippen molar-refractivity contribution in [1.29, 1.82) is 0 Å². The maximum atomic E-state index is 12.8. The number of ether oxygens (including phenoxy) is 2. The Morgan fingerprint density at radius 2 is 2.00 bits per heavy atom. The summed E-state index contributed by atoms with van der Waals surface area (Å²) in [5.41, 5.74) is 0.134. The molecular formula is C19H23NO3. The van der Waals surface area contributed by atoms with Gasteiger partial charge in [-0.1, -0.05) is 30.3 Å². The van der Waals surface area contributed by atoms with Gasteiger partial charge in [-0.05, 0) is 45.1 Å². The molecule has 0 bridgehead atoms. The van der Waals surface area contributed by atoms with Crippen LogP contribution in [0.25, 0.3) is 0 Å². The van der Waals surface area contributed by atoms with Crippen LogP contribution in [0.3, 0.4) is 0 Å². The van der Waals surface area contributed by atoms with Gasteiger partial charge in [0.2, 0.25) is 0 Å². The van der Waals surface area contributed by atoms with E-state index >= 15 is 0 Å². The summed E-state index contributed by atoms with van der Waals surface area (Å²) in [4.78, 5) is 17.7. The molecule has 4 nitrogen and oxygen atoms in total. The molecule has 1 aromatic carbocycles. The first-order chi connectivity index (χ1) is 11.0. The zero-order chi connectivity index (χ0) is 16.3. The van der Waals surface area contributed by atoms with Crippen LogP contribution < -0.4 is 0 Å². The van der Waals surface area contributed by atoms with Gasteiger partial charge in [0, 0.05) is 6.42 Å². The van der Waals surface area contributed by atoms with Crippen molar-refractivity contribution >= 4 is 11.7 Å². The molecule has 2 heterocycles. The molecule has 4 heteroatoms. The number of carbonyl (C=O) groups is 1. The molecular weight excluding hydrogens is 290 g/mol. The Balaban J connectivity index is 1.85. The van der Waals surface area contributed by atoms with Crippen LogP contribution in [0.4, 0.5) is 0 Å². The van der Waals surface area contributed by atoms with E-state index < -0.39 is 11.1 Å². The van der Waals surface area contributed by atoms with Crippen LogP contribution in [0.1, 0.15) is 45.6 Å². The molecule has 4 rings (SSSR count). The third-order valence-electron chi connectivity index (χ3n) is 5.20. The fourth-order valence-corrected chi connectivity index (χ4v) is 4.39. The Labute approximate surface area is 136 Å². The number of aliphatic imine (C=N–C) groups is 1. The molecule has 0 unspecified atom stereocenters. The number of nitrogens with zero attached hydrogens (tertiary/aromatic N) is 1. The summed E-state index contributed by atoms with van der Waals surface area (Å²) in [5, 5.41) is 0. The van der Waals surface area contributed by atoms with Gasteiger partial charge in [-0.15, -0.1) is 0 Å². The van der Waals surface area contributed by atoms with Gasteiger partial charge in [0.25, 0.3) is 0 Å². The maximum absolute atomic E-state index is 12.8. The Morgan fingerprint density at radius 1 is 1.30 bits per heavy atom. The molecule has 0 aromatic heterocycles. The highest BCUT2D eigenvalue weighted by Gasteiger charge is 2.79. The van der Waals surface area contributed by atoms with Crippen LogP contribution in [-0.2, 0) is 14.3 Å². The van der Waals surface area contributed by atoms with Gasteiger partial charge in [0.05, 0.1) is 17.9 Å². The fraction of sp³-hybridized carbons (Fsp3) is 0.579. The molecule has 0 radical (unpaired) electrons. The van der Waals surface area contributed by atoms with Gasteiger partial charge in [-0.3, -0.25) is 4.99 Å². The van der Waals surface area contributed by atoms with E-state index in [9.17, 15) is 4.79 Å². The highest BCUT2D eigenvalue weighted by atomic mass is 16.6. The molecule has 2 aliphatic heterocycles. The third kappa shape index (κ3) is 1.87. The van der Waals surface area contributed by atoms with Crippen molar-refractivity contribution in [3.05, 3.63) is 35.9 Å². The van der Waals surface area contributed by atoms with E-state index in [0.717, 1.165) is 24.1 Å². The molecule has 1 saturated heterocycles. The van der Waals surface area contributed by atoms with E-state index in [-0.39, 0.29) is 11.6 Å². The number of benzene rings is 1. The van der Waals surface area contributed by atoms with Crippen molar-refractivity contribution in [1.82, 2.24) is 0 Å². The topological polar surface area (TPSA) is 47.9 Å². The number of esters is 1. The van der Waals surface area contributed by atoms with Crippen molar-refractivity contribution in [3.63, 3.8) is 0 Å². The first-order valence-corrected chi connectivity index (χ1v) is 8.48. The fourth-order valence-electron chi connectivity index (χ4n) is 4.39. The molecule has 23 heavy (non-hydrogen) atoms. The standard InChI is InChI=1S/C19H23NO3/c1-4-22-16(21)18-12-17(2,3)23-19(18,14-10-11-14)15(20-18)13-8-6-5-7-9-13/h5-9,14H,4,10-12H2,1-3H3/t18-,19+/m1/s1.